The molecule has 0 spiro atoms. The van der Waals surface area contributed by atoms with E-state index in [9.17, 15) is 4.79 Å². The highest BCUT2D eigenvalue weighted by molar-refractivity contribution is 7.10. The molecule has 2 aliphatic carbocycles. The molecule has 132 valence electrons. The molecule has 1 N–H and O–H groups in total. The number of hydrogen-bond acceptors (Lipinski definition) is 3. The minimum absolute atomic E-state index is 0.0462. The lowest BCUT2D eigenvalue weighted by Gasteiger charge is -2.30. The summed E-state index contributed by atoms with van der Waals surface area (Å²) in [6.45, 7) is 2.12. The fourth-order valence-electron chi connectivity index (χ4n) is 4.18. The Labute approximate surface area is 149 Å². The van der Waals surface area contributed by atoms with Crippen molar-refractivity contribution >= 4 is 23.0 Å². The molecule has 0 saturated heterocycles. The van der Waals surface area contributed by atoms with Gasteiger partial charge in [0, 0.05) is 16.0 Å². The number of thiophene rings is 1. The maximum atomic E-state index is 12.4. The molecule has 3 rings (SSSR count). The van der Waals surface area contributed by atoms with Crippen LogP contribution in [0.15, 0.2) is 16.5 Å². The zero-order valence-electron chi connectivity index (χ0n) is 14.9. The Morgan fingerprint density at radius 2 is 1.67 bits per heavy atom. The van der Waals surface area contributed by atoms with Crippen LogP contribution in [0.1, 0.15) is 86.4 Å². The average molecular weight is 347 g/mol. The molecule has 1 aromatic heterocycles. The predicted molar refractivity (Wildman–Crippen MR) is 102 cm³/mol. The summed E-state index contributed by atoms with van der Waals surface area (Å²) in [5.74, 6) is 1.14. The first-order valence-electron chi connectivity index (χ1n) is 9.73. The number of rotatable bonds is 5. The van der Waals surface area contributed by atoms with Crippen molar-refractivity contribution in [1.29, 1.82) is 0 Å². The summed E-state index contributed by atoms with van der Waals surface area (Å²) >= 11 is 1.66. The summed E-state index contributed by atoms with van der Waals surface area (Å²) in [6, 6.07) is 2.00. The third kappa shape index (κ3) is 4.47. The van der Waals surface area contributed by atoms with Gasteiger partial charge in [0.05, 0.1) is 5.56 Å². The van der Waals surface area contributed by atoms with Crippen molar-refractivity contribution in [3.05, 3.63) is 21.9 Å². The van der Waals surface area contributed by atoms with Gasteiger partial charge in [0.2, 0.25) is 0 Å². The number of amides is 1. The normalized spacial score (nSPS) is 19.9. The molecule has 2 aliphatic rings. The van der Waals surface area contributed by atoms with Crippen LogP contribution in [0.5, 0.6) is 0 Å². The maximum absolute atomic E-state index is 12.4. The Bertz CT molecular complexity index is 546. The molecule has 0 aromatic carbocycles. The number of carbonyl (C=O) groups is 1. The smallest absolute Gasteiger partial charge is 0.267 e. The van der Waals surface area contributed by atoms with Crippen molar-refractivity contribution in [2.45, 2.75) is 77.6 Å². The molecule has 3 nitrogen and oxygen atoms in total. The molecular weight excluding hydrogens is 316 g/mol. The van der Waals surface area contributed by atoms with E-state index in [0.717, 1.165) is 12.0 Å². The minimum Gasteiger partial charge on any atom is -0.267 e. The second-order valence-electron chi connectivity index (χ2n) is 7.30. The molecule has 0 bridgehead atoms. The van der Waals surface area contributed by atoms with Crippen LogP contribution < -0.4 is 5.43 Å². The number of carbonyl (C=O) groups excluding carboxylic acids is 1. The summed E-state index contributed by atoms with van der Waals surface area (Å²) in [4.78, 5) is 13.7. The van der Waals surface area contributed by atoms with Gasteiger partial charge in [-0.2, -0.15) is 5.10 Å². The van der Waals surface area contributed by atoms with Gasteiger partial charge in [-0.3, -0.25) is 4.79 Å². The van der Waals surface area contributed by atoms with Crippen LogP contribution in [0.25, 0.3) is 0 Å². The third-order valence-corrected chi connectivity index (χ3v) is 6.68. The van der Waals surface area contributed by atoms with Crippen LogP contribution in [0.2, 0.25) is 0 Å². The van der Waals surface area contributed by atoms with Crippen molar-refractivity contribution in [3.8, 4) is 0 Å². The zero-order valence-corrected chi connectivity index (χ0v) is 15.7. The van der Waals surface area contributed by atoms with Crippen LogP contribution in [0.4, 0.5) is 0 Å². The van der Waals surface area contributed by atoms with E-state index >= 15 is 0 Å². The number of hydrogen-bond donors (Lipinski definition) is 1. The van der Waals surface area contributed by atoms with E-state index in [1.807, 2.05) is 11.4 Å². The van der Waals surface area contributed by atoms with Gasteiger partial charge in [-0.05, 0) is 50.0 Å². The Kier molecular flexibility index (Phi) is 6.47. The van der Waals surface area contributed by atoms with Gasteiger partial charge >= 0.3 is 0 Å². The predicted octanol–water partition coefficient (Wildman–Crippen LogP) is 5.56. The largest absolute Gasteiger partial charge is 0.272 e. The highest BCUT2D eigenvalue weighted by atomic mass is 32.1. The van der Waals surface area contributed by atoms with Crippen LogP contribution in [-0.2, 0) is 6.42 Å². The molecule has 0 radical (unpaired) electrons. The lowest BCUT2D eigenvalue weighted by Crippen LogP contribution is -2.31. The number of nitrogens with zero attached hydrogens (tertiary/aromatic N) is 1. The Hall–Kier alpha value is -1.16. The van der Waals surface area contributed by atoms with Gasteiger partial charge in [-0.15, -0.1) is 11.3 Å². The van der Waals surface area contributed by atoms with Gasteiger partial charge in [0.25, 0.3) is 5.91 Å². The Balaban J connectivity index is 1.70. The van der Waals surface area contributed by atoms with Crippen molar-refractivity contribution < 1.29 is 4.79 Å². The topological polar surface area (TPSA) is 41.5 Å². The molecule has 1 amide bonds. The van der Waals surface area contributed by atoms with Crippen molar-refractivity contribution in [3.63, 3.8) is 0 Å². The fourth-order valence-corrected chi connectivity index (χ4v) is 4.99. The van der Waals surface area contributed by atoms with Crippen molar-refractivity contribution in [2.75, 3.05) is 0 Å². The second kappa shape index (κ2) is 8.80. The molecule has 2 fully saturated rings. The molecule has 2 saturated carbocycles. The van der Waals surface area contributed by atoms with E-state index in [-0.39, 0.29) is 5.91 Å². The fraction of sp³-hybridized carbons (Fsp3) is 0.700. The van der Waals surface area contributed by atoms with Gasteiger partial charge in [0.15, 0.2) is 0 Å². The standard InChI is InChI=1S/C20H30N2OS/c1-2-18-13-17(14-24-18)20(23)22-21-19(15-9-5-3-6-10-15)16-11-7-4-8-12-16/h13-16H,2-12H2,1H3,(H,22,23). The van der Waals surface area contributed by atoms with E-state index in [4.69, 9.17) is 5.10 Å². The van der Waals surface area contributed by atoms with E-state index in [0.29, 0.717) is 11.8 Å². The van der Waals surface area contributed by atoms with Gasteiger partial charge in [-0.25, -0.2) is 5.43 Å². The lowest BCUT2D eigenvalue weighted by atomic mass is 9.76. The molecule has 1 aromatic rings. The van der Waals surface area contributed by atoms with Crippen LogP contribution >= 0.6 is 11.3 Å². The Morgan fingerprint density at radius 1 is 1.08 bits per heavy atom. The Morgan fingerprint density at radius 3 is 2.17 bits per heavy atom. The molecule has 0 unspecified atom stereocenters. The highest BCUT2D eigenvalue weighted by Crippen LogP contribution is 2.33. The van der Waals surface area contributed by atoms with Crippen molar-refractivity contribution in [2.24, 2.45) is 16.9 Å². The SMILES string of the molecule is CCc1cc(C(=O)NN=C(C2CCCCC2)C2CCCCC2)cs1. The maximum Gasteiger partial charge on any atom is 0.272 e. The molecular formula is C20H30N2OS. The number of hydrazone groups is 1. The summed E-state index contributed by atoms with van der Waals surface area (Å²) < 4.78 is 0. The third-order valence-electron chi connectivity index (χ3n) is 5.60. The van der Waals surface area contributed by atoms with E-state index in [1.165, 1.54) is 74.8 Å². The first-order chi connectivity index (χ1) is 11.8. The zero-order chi connectivity index (χ0) is 16.8. The van der Waals surface area contributed by atoms with Crippen molar-refractivity contribution in [1.82, 2.24) is 5.43 Å². The molecule has 4 heteroatoms. The first kappa shape index (κ1) is 17.7. The minimum atomic E-state index is -0.0462. The summed E-state index contributed by atoms with van der Waals surface area (Å²) in [7, 11) is 0. The van der Waals surface area contributed by atoms with E-state index < -0.39 is 0 Å². The van der Waals surface area contributed by atoms with Gasteiger partial charge in [-0.1, -0.05) is 45.4 Å². The lowest BCUT2D eigenvalue weighted by molar-refractivity contribution is 0.0954. The average Bonchev–Trinajstić information content (AvgIpc) is 3.13. The van der Waals surface area contributed by atoms with Gasteiger partial charge < -0.3 is 0 Å². The summed E-state index contributed by atoms with van der Waals surface area (Å²) in [5, 5.41) is 6.65. The number of aryl methyl sites for hydroxylation is 1. The van der Waals surface area contributed by atoms with Crippen LogP contribution in [0, 0.1) is 11.8 Å². The van der Waals surface area contributed by atoms with Crippen LogP contribution in [0.3, 0.4) is 0 Å². The van der Waals surface area contributed by atoms with Gasteiger partial charge in [0.1, 0.15) is 0 Å². The first-order valence-corrected chi connectivity index (χ1v) is 10.6. The van der Waals surface area contributed by atoms with E-state index in [1.54, 1.807) is 11.3 Å². The monoisotopic (exact) mass is 346 g/mol. The quantitative estimate of drug-likeness (QED) is 0.550. The highest BCUT2D eigenvalue weighted by Gasteiger charge is 2.27. The molecule has 24 heavy (non-hydrogen) atoms. The summed E-state index contributed by atoms with van der Waals surface area (Å²) in [6.07, 6.45) is 14.0. The van der Waals surface area contributed by atoms with E-state index in [2.05, 4.69) is 12.3 Å². The second-order valence-corrected chi connectivity index (χ2v) is 8.30. The summed E-state index contributed by atoms with van der Waals surface area (Å²) in [5.41, 5.74) is 4.94. The molecule has 0 aliphatic heterocycles. The molecule has 1 heterocycles. The molecule has 0 atom stereocenters. The number of nitrogens with one attached hydrogen (secondary N) is 1. The van der Waals surface area contributed by atoms with Crippen LogP contribution in [-0.4, -0.2) is 11.6 Å².